The minimum absolute atomic E-state index is 0.498. The summed E-state index contributed by atoms with van der Waals surface area (Å²) in [5.74, 6) is 1.50. The number of aromatic nitrogens is 3. The summed E-state index contributed by atoms with van der Waals surface area (Å²) in [6.07, 6.45) is 0. The highest BCUT2D eigenvalue weighted by atomic mass is 32.1. The van der Waals surface area contributed by atoms with Gasteiger partial charge in [-0.1, -0.05) is 36.4 Å². The SMILES string of the molecule is Cc1cc(NC(=S)Nc2ccccc2)n(-c2ccc3ccccc3n2)n1. The van der Waals surface area contributed by atoms with Crippen LogP contribution in [-0.4, -0.2) is 19.9 Å². The van der Waals surface area contributed by atoms with E-state index in [0.29, 0.717) is 5.11 Å². The summed E-state index contributed by atoms with van der Waals surface area (Å²) < 4.78 is 1.76. The number of hydrogen-bond donors (Lipinski definition) is 2. The average molecular weight is 359 g/mol. The molecule has 0 atom stereocenters. The second kappa shape index (κ2) is 6.93. The number of anilines is 2. The summed E-state index contributed by atoms with van der Waals surface area (Å²) >= 11 is 5.43. The highest BCUT2D eigenvalue weighted by Gasteiger charge is 2.11. The van der Waals surface area contributed by atoms with E-state index in [1.54, 1.807) is 4.68 Å². The molecule has 26 heavy (non-hydrogen) atoms. The van der Waals surface area contributed by atoms with E-state index in [9.17, 15) is 0 Å². The molecule has 5 nitrogen and oxygen atoms in total. The van der Waals surface area contributed by atoms with Gasteiger partial charge in [-0.15, -0.1) is 0 Å². The number of nitrogens with one attached hydrogen (secondary N) is 2. The molecule has 2 N–H and O–H groups in total. The lowest BCUT2D eigenvalue weighted by molar-refractivity contribution is 0.845. The lowest BCUT2D eigenvalue weighted by Gasteiger charge is -2.12. The molecule has 0 saturated carbocycles. The minimum Gasteiger partial charge on any atom is -0.332 e. The lowest BCUT2D eigenvalue weighted by Crippen LogP contribution is -2.21. The molecule has 0 amide bonds. The molecule has 128 valence electrons. The molecule has 0 aliphatic rings. The van der Waals surface area contributed by atoms with E-state index in [1.165, 1.54) is 0 Å². The van der Waals surface area contributed by atoms with Crippen molar-refractivity contribution in [3.05, 3.63) is 78.5 Å². The number of thiocarbonyl (C=S) groups is 1. The Morgan fingerprint density at radius 1 is 0.923 bits per heavy atom. The highest BCUT2D eigenvalue weighted by molar-refractivity contribution is 7.80. The zero-order chi connectivity index (χ0) is 17.9. The standard InChI is InChI=1S/C20H17N5S/c1-14-13-19(23-20(26)21-16-8-3-2-4-9-16)25(24-14)18-12-11-15-7-5-6-10-17(15)22-18/h2-13H,1H3,(H2,21,23,26). The lowest BCUT2D eigenvalue weighted by atomic mass is 10.2. The van der Waals surface area contributed by atoms with Gasteiger partial charge in [-0.05, 0) is 49.5 Å². The number of pyridine rings is 1. The van der Waals surface area contributed by atoms with Gasteiger partial charge in [-0.2, -0.15) is 9.78 Å². The molecular formula is C20H17N5S. The molecule has 0 aliphatic heterocycles. The van der Waals surface area contributed by atoms with Gasteiger partial charge in [0.15, 0.2) is 10.9 Å². The van der Waals surface area contributed by atoms with Gasteiger partial charge < -0.3 is 10.6 Å². The molecule has 0 bridgehead atoms. The predicted molar refractivity (Wildman–Crippen MR) is 110 cm³/mol. The normalized spacial score (nSPS) is 10.7. The van der Waals surface area contributed by atoms with Crippen molar-refractivity contribution in [2.75, 3.05) is 10.6 Å². The molecule has 0 fully saturated rings. The van der Waals surface area contributed by atoms with E-state index in [2.05, 4.69) is 15.7 Å². The summed E-state index contributed by atoms with van der Waals surface area (Å²) in [5.41, 5.74) is 2.73. The maximum absolute atomic E-state index is 5.43. The van der Waals surface area contributed by atoms with Crippen molar-refractivity contribution >= 4 is 39.7 Å². The van der Waals surface area contributed by atoms with Gasteiger partial charge >= 0.3 is 0 Å². The summed E-state index contributed by atoms with van der Waals surface area (Å²) in [6.45, 7) is 1.94. The van der Waals surface area contributed by atoms with Crippen molar-refractivity contribution in [3.8, 4) is 5.82 Å². The third kappa shape index (κ3) is 3.41. The molecule has 4 rings (SSSR count). The molecule has 2 aromatic carbocycles. The Morgan fingerprint density at radius 2 is 1.69 bits per heavy atom. The van der Waals surface area contributed by atoms with Crippen molar-refractivity contribution in [3.63, 3.8) is 0 Å². The summed E-state index contributed by atoms with van der Waals surface area (Å²) in [7, 11) is 0. The number of para-hydroxylation sites is 2. The first kappa shape index (κ1) is 16.2. The Hall–Kier alpha value is -3.25. The van der Waals surface area contributed by atoms with Crippen LogP contribution in [0, 0.1) is 6.92 Å². The predicted octanol–water partition coefficient (Wildman–Crippen LogP) is 4.54. The molecule has 6 heteroatoms. The van der Waals surface area contributed by atoms with Crippen LogP contribution in [0.25, 0.3) is 16.7 Å². The van der Waals surface area contributed by atoms with E-state index < -0.39 is 0 Å². The van der Waals surface area contributed by atoms with Crippen LogP contribution in [0.1, 0.15) is 5.69 Å². The molecule has 2 aromatic heterocycles. The van der Waals surface area contributed by atoms with Gasteiger partial charge in [0.25, 0.3) is 0 Å². The van der Waals surface area contributed by atoms with Crippen molar-refractivity contribution in [1.82, 2.24) is 14.8 Å². The molecule has 4 aromatic rings. The second-order valence-corrected chi connectivity index (χ2v) is 6.30. The smallest absolute Gasteiger partial charge is 0.176 e. The third-order valence-corrected chi connectivity index (χ3v) is 4.11. The number of nitrogens with zero attached hydrogens (tertiary/aromatic N) is 3. The topological polar surface area (TPSA) is 54.8 Å². The molecule has 0 radical (unpaired) electrons. The highest BCUT2D eigenvalue weighted by Crippen LogP contribution is 2.19. The van der Waals surface area contributed by atoms with Crippen LogP contribution in [0.2, 0.25) is 0 Å². The largest absolute Gasteiger partial charge is 0.332 e. The van der Waals surface area contributed by atoms with Gasteiger partial charge in [0.2, 0.25) is 0 Å². The fraction of sp³-hybridized carbons (Fsp3) is 0.0500. The Labute approximate surface area is 156 Å². The quantitative estimate of drug-likeness (QED) is 0.526. The molecular weight excluding hydrogens is 342 g/mol. The molecule has 0 aliphatic carbocycles. The summed E-state index contributed by atoms with van der Waals surface area (Å²) in [5, 5.41) is 12.5. The maximum Gasteiger partial charge on any atom is 0.176 e. The fourth-order valence-electron chi connectivity index (χ4n) is 2.74. The van der Waals surface area contributed by atoms with Gasteiger partial charge in [-0.3, -0.25) is 0 Å². The first-order chi connectivity index (χ1) is 12.7. The average Bonchev–Trinajstić information content (AvgIpc) is 3.02. The Bertz CT molecular complexity index is 1070. The van der Waals surface area contributed by atoms with Crippen molar-refractivity contribution in [1.29, 1.82) is 0 Å². The van der Waals surface area contributed by atoms with E-state index in [4.69, 9.17) is 17.2 Å². The van der Waals surface area contributed by atoms with Crippen molar-refractivity contribution in [2.24, 2.45) is 0 Å². The van der Waals surface area contributed by atoms with Gasteiger partial charge in [0.1, 0.15) is 5.82 Å². The maximum atomic E-state index is 5.43. The molecule has 0 unspecified atom stereocenters. The van der Waals surface area contributed by atoms with Crippen LogP contribution in [0.15, 0.2) is 72.8 Å². The van der Waals surface area contributed by atoms with Gasteiger partial charge in [0.05, 0.1) is 11.2 Å². The number of benzene rings is 2. The van der Waals surface area contributed by atoms with E-state index in [1.807, 2.05) is 79.7 Å². The van der Waals surface area contributed by atoms with Crippen LogP contribution >= 0.6 is 12.2 Å². The molecule has 2 heterocycles. The van der Waals surface area contributed by atoms with Gasteiger partial charge in [-0.25, -0.2) is 4.98 Å². The van der Waals surface area contributed by atoms with Crippen LogP contribution in [0.5, 0.6) is 0 Å². The number of aryl methyl sites for hydroxylation is 1. The van der Waals surface area contributed by atoms with E-state index in [0.717, 1.165) is 33.9 Å². The van der Waals surface area contributed by atoms with Crippen LogP contribution in [0.4, 0.5) is 11.5 Å². The zero-order valence-corrected chi connectivity index (χ0v) is 15.0. The van der Waals surface area contributed by atoms with E-state index in [-0.39, 0.29) is 0 Å². The van der Waals surface area contributed by atoms with Crippen LogP contribution in [-0.2, 0) is 0 Å². The zero-order valence-electron chi connectivity index (χ0n) is 14.2. The Balaban J connectivity index is 1.62. The van der Waals surface area contributed by atoms with Crippen molar-refractivity contribution in [2.45, 2.75) is 6.92 Å². The van der Waals surface area contributed by atoms with Gasteiger partial charge in [0, 0.05) is 17.1 Å². The Morgan fingerprint density at radius 3 is 2.54 bits per heavy atom. The van der Waals surface area contributed by atoms with E-state index >= 15 is 0 Å². The molecule has 0 saturated heterocycles. The second-order valence-electron chi connectivity index (χ2n) is 5.89. The third-order valence-electron chi connectivity index (χ3n) is 3.91. The first-order valence-corrected chi connectivity index (χ1v) is 8.66. The summed E-state index contributed by atoms with van der Waals surface area (Å²) in [6, 6.07) is 23.7. The summed E-state index contributed by atoms with van der Waals surface area (Å²) in [4.78, 5) is 4.71. The minimum atomic E-state index is 0.498. The first-order valence-electron chi connectivity index (χ1n) is 8.25. The number of rotatable bonds is 3. The number of fused-ring (bicyclic) bond motifs is 1. The monoisotopic (exact) mass is 359 g/mol. The fourth-order valence-corrected chi connectivity index (χ4v) is 2.96. The Kier molecular flexibility index (Phi) is 4.33. The van der Waals surface area contributed by atoms with Crippen molar-refractivity contribution < 1.29 is 0 Å². The molecule has 0 spiro atoms. The number of hydrogen-bond acceptors (Lipinski definition) is 3. The van der Waals surface area contributed by atoms with Crippen LogP contribution < -0.4 is 10.6 Å². The van der Waals surface area contributed by atoms with Crippen LogP contribution in [0.3, 0.4) is 0 Å².